The van der Waals surface area contributed by atoms with Crippen LogP contribution in [-0.2, 0) is 0 Å². The second kappa shape index (κ2) is 1.72. The minimum absolute atomic E-state index is 0.194. The van der Waals surface area contributed by atoms with E-state index in [-0.39, 0.29) is 5.31 Å². The maximum atomic E-state index is 5.18. The zero-order valence-corrected chi connectivity index (χ0v) is 4.65. The van der Waals surface area contributed by atoms with Crippen LogP contribution in [0.2, 0.25) is 5.31 Å². The summed E-state index contributed by atoms with van der Waals surface area (Å²) in [6, 6.07) is 0. The fraction of sp³-hybridized carbons (Fsp3) is 1.00. The molecule has 3 radical (unpaired) electrons. The molecule has 0 aromatic carbocycles. The largest absolute Gasteiger partial charge is 0.0752 e. The highest BCUT2D eigenvalue weighted by Crippen LogP contribution is 2.17. The van der Waals surface area contributed by atoms with Crippen molar-refractivity contribution in [3.63, 3.8) is 0 Å². The van der Waals surface area contributed by atoms with Crippen LogP contribution in [0.25, 0.3) is 0 Å². The Bertz CT molecular complexity index is 35.3. The van der Waals surface area contributed by atoms with Gasteiger partial charge in [-0.1, -0.05) is 26.1 Å². The van der Waals surface area contributed by atoms with Crippen molar-refractivity contribution >= 4 is 14.9 Å². The molecule has 0 aromatic rings. The quantitative estimate of drug-likeness (QED) is 0.379. The minimum atomic E-state index is 0.194. The van der Waals surface area contributed by atoms with Gasteiger partial charge in [0.05, 0.1) is 7.17 Å². The number of hydrogen-bond acceptors (Lipinski definition) is 0. The molecule has 0 bridgehead atoms. The van der Waals surface area contributed by atoms with Crippen molar-refractivity contribution in [3.8, 4) is 0 Å². The molecule has 0 fully saturated rings. The lowest BCUT2D eigenvalue weighted by Crippen LogP contribution is -2.06. The normalized spacial score (nSPS) is 11.2. The Hall–Kier alpha value is 0.130. The monoisotopic (exact) mass is 79.1 g/mol. The lowest BCUT2D eigenvalue weighted by atomic mass is 9.41. The summed E-state index contributed by atoms with van der Waals surface area (Å²) in [6.45, 7) is 6.19. The van der Waals surface area contributed by atoms with E-state index in [2.05, 4.69) is 20.8 Å². The second-order valence-corrected chi connectivity index (χ2v) is 2.53. The van der Waals surface area contributed by atoms with Gasteiger partial charge in [-0.2, -0.15) is 0 Å². The highest BCUT2D eigenvalue weighted by molar-refractivity contribution is 6.91. The van der Waals surface area contributed by atoms with E-state index in [1.54, 1.807) is 7.17 Å². The van der Waals surface area contributed by atoms with E-state index < -0.39 is 0 Å². The van der Waals surface area contributed by atoms with Crippen molar-refractivity contribution in [1.82, 2.24) is 0 Å². The van der Waals surface area contributed by atoms with Gasteiger partial charge in [-0.15, -0.1) is 0 Å². The molecule has 31 valence electrons. The molecule has 6 heavy (non-hydrogen) atoms. The van der Waals surface area contributed by atoms with Gasteiger partial charge in [0.25, 0.3) is 0 Å². The predicted octanol–water partition coefficient (Wildman–Crippen LogP) is 0.992. The van der Waals surface area contributed by atoms with Crippen LogP contribution in [0, 0.1) is 0 Å². The van der Waals surface area contributed by atoms with E-state index in [9.17, 15) is 0 Å². The van der Waals surface area contributed by atoms with E-state index >= 15 is 0 Å². The summed E-state index contributed by atoms with van der Waals surface area (Å²) in [5.74, 6) is 0. The molecule has 0 saturated carbocycles. The van der Waals surface area contributed by atoms with Gasteiger partial charge in [-0.3, -0.25) is 0 Å². The fourth-order valence-corrected chi connectivity index (χ4v) is 0. The van der Waals surface area contributed by atoms with Gasteiger partial charge in [0.2, 0.25) is 0 Å². The summed E-state index contributed by atoms with van der Waals surface area (Å²) >= 11 is 0. The van der Waals surface area contributed by atoms with Crippen molar-refractivity contribution in [2.24, 2.45) is 0 Å². The third-order valence-corrected chi connectivity index (χ3v) is 0.500. The van der Waals surface area contributed by atoms with Crippen molar-refractivity contribution in [1.29, 1.82) is 0 Å². The predicted molar refractivity (Wildman–Crippen MR) is 31.2 cm³/mol. The summed E-state index contributed by atoms with van der Waals surface area (Å²) in [7, 11) is 6.87. The Morgan fingerprint density at radius 3 is 1.50 bits per heavy atom. The molecule has 2 heteroatoms. The Morgan fingerprint density at radius 2 is 1.50 bits per heavy atom. The van der Waals surface area contributed by atoms with Crippen LogP contribution >= 0.6 is 0 Å². The molecule has 0 saturated heterocycles. The van der Waals surface area contributed by atoms with Crippen LogP contribution in [-0.4, -0.2) is 14.9 Å². The molecule has 0 atom stereocenters. The first-order chi connectivity index (χ1) is 2.56. The van der Waals surface area contributed by atoms with E-state index in [1.807, 2.05) is 0 Å². The van der Waals surface area contributed by atoms with Crippen LogP contribution in [0.4, 0.5) is 0 Å². The van der Waals surface area contributed by atoms with E-state index in [1.165, 1.54) is 0 Å². The van der Waals surface area contributed by atoms with Gasteiger partial charge in [0, 0.05) is 7.74 Å². The molecular formula is C4H9B2. The Morgan fingerprint density at radius 1 is 1.33 bits per heavy atom. The molecule has 0 nitrogen and oxygen atoms in total. The van der Waals surface area contributed by atoms with Crippen LogP contribution < -0.4 is 0 Å². The first-order valence-corrected chi connectivity index (χ1v) is 2.12. The van der Waals surface area contributed by atoms with Crippen molar-refractivity contribution < 1.29 is 0 Å². The van der Waals surface area contributed by atoms with E-state index in [4.69, 9.17) is 7.74 Å². The SMILES string of the molecule is [B][B]C(C)(C)C. The minimum Gasteiger partial charge on any atom is -0.0752 e. The van der Waals surface area contributed by atoms with Gasteiger partial charge in [-0.05, 0) is 0 Å². The van der Waals surface area contributed by atoms with Crippen LogP contribution in [0.3, 0.4) is 0 Å². The average Bonchev–Trinajstić information content (AvgIpc) is 1.35. The summed E-state index contributed by atoms with van der Waals surface area (Å²) in [4.78, 5) is 0. The molecule has 0 rings (SSSR count). The third-order valence-electron chi connectivity index (χ3n) is 0.500. The molecular weight excluding hydrogens is 69.7 g/mol. The van der Waals surface area contributed by atoms with Crippen LogP contribution in [0.5, 0.6) is 0 Å². The molecule has 0 aliphatic carbocycles. The maximum Gasteiger partial charge on any atom is 0.0619 e. The summed E-state index contributed by atoms with van der Waals surface area (Å²) in [6.07, 6.45) is 0. The molecule has 0 N–H and O–H groups in total. The molecule has 0 amide bonds. The Balaban J connectivity index is 3.17. The third kappa shape index (κ3) is 4.13. The van der Waals surface area contributed by atoms with Crippen molar-refractivity contribution in [2.45, 2.75) is 26.1 Å². The van der Waals surface area contributed by atoms with Gasteiger partial charge in [0.1, 0.15) is 0 Å². The van der Waals surface area contributed by atoms with Crippen LogP contribution in [0.1, 0.15) is 20.8 Å². The smallest absolute Gasteiger partial charge is 0.0619 e. The number of rotatable bonds is 0. The zero-order chi connectivity index (χ0) is 5.21. The van der Waals surface area contributed by atoms with Gasteiger partial charge < -0.3 is 0 Å². The summed E-state index contributed by atoms with van der Waals surface area (Å²) in [5, 5.41) is 0.194. The Kier molecular flexibility index (Phi) is 1.76. The van der Waals surface area contributed by atoms with Crippen molar-refractivity contribution in [3.05, 3.63) is 0 Å². The molecule has 0 heterocycles. The van der Waals surface area contributed by atoms with E-state index in [0.717, 1.165) is 0 Å². The topological polar surface area (TPSA) is 0 Å². The van der Waals surface area contributed by atoms with Crippen molar-refractivity contribution in [2.75, 3.05) is 0 Å². The standard InChI is InChI=1S/C4H9B2/c1-4(2,3)6-5/h1-3H3. The fourth-order valence-electron chi connectivity index (χ4n) is 0. The number of hydrogen-bond donors (Lipinski definition) is 0. The maximum absolute atomic E-state index is 5.18. The summed E-state index contributed by atoms with van der Waals surface area (Å²) in [5.41, 5.74) is 0. The molecule has 0 aromatic heterocycles. The highest BCUT2D eigenvalue weighted by atomic mass is 13.9. The summed E-state index contributed by atoms with van der Waals surface area (Å²) < 4.78 is 0. The lowest BCUT2D eigenvalue weighted by Gasteiger charge is -2.12. The first kappa shape index (κ1) is 6.13. The Labute approximate surface area is 42.0 Å². The lowest BCUT2D eigenvalue weighted by molar-refractivity contribution is 0.763. The highest BCUT2D eigenvalue weighted by Gasteiger charge is 2.03. The molecule has 0 unspecified atom stereocenters. The van der Waals surface area contributed by atoms with E-state index in [0.29, 0.717) is 0 Å². The van der Waals surface area contributed by atoms with Crippen LogP contribution in [0.15, 0.2) is 0 Å². The van der Waals surface area contributed by atoms with Gasteiger partial charge >= 0.3 is 0 Å². The first-order valence-electron chi connectivity index (χ1n) is 2.12. The second-order valence-electron chi connectivity index (χ2n) is 2.53. The molecule has 0 aliphatic rings. The molecule has 0 spiro atoms. The zero-order valence-electron chi connectivity index (χ0n) is 4.65. The van der Waals surface area contributed by atoms with Gasteiger partial charge in [-0.25, -0.2) is 0 Å². The van der Waals surface area contributed by atoms with Gasteiger partial charge in [0.15, 0.2) is 0 Å². The average molecular weight is 78.7 g/mol. The molecule has 0 aliphatic heterocycles.